The molecule has 1 aliphatic rings. The molecule has 1 aromatic rings. The van der Waals surface area contributed by atoms with Crippen LogP contribution in [0.1, 0.15) is 12.8 Å². The van der Waals surface area contributed by atoms with Gasteiger partial charge >= 0.3 is 0 Å². The standard InChI is InChI=1S/C10H15N3O3S/c11-10-2-1-9(6-12-10)17(15,16)13-5-7-3-8(14)4-7/h1-2,6-8,13-14H,3-5H2,(H2,11,12). The lowest BCUT2D eigenvalue weighted by molar-refractivity contribution is 0.0453. The molecule has 2 rings (SSSR count). The Morgan fingerprint density at radius 1 is 1.47 bits per heavy atom. The van der Waals surface area contributed by atoms with Gasteiger partial charge in [0.1, 0.15) is 10.7 Å². The molecule has 1 heterocycles. The molecule has 1 fully saturated rings. The van der Waals surface area contributed by atoms with E-state index in [2.05, 4.69) is 9.71 Å². The first-order valence-corrected chi connectivity index (χ1v) is 6.85. The van der Waals surface area contributed by atoms with E-state index >= 15 is 0 Å². The predicted molar refractivity (Wildman–Crippen MR) is 62.6 cm³/mol. The van der Waals surface area contributed by atoms with E-state index in [1.54, 1.807) is 0 Å². The second kappa shape index (κ2) is 4.59. The molecule has 94 valence electrons. The second-order valence-electron chi connectivity index (χ2n) is 4.26. The van der Waals surface area contributed by atoms with Crippen LogP contribution in [0.25, 0.3) is 0 Å². The van der Waals surface area contributed by atoms with Crippen LogP contribution in [-0.2, 0) is 10.0 Å². The first-order valence-electron chi connectivity index (χ1n) is 5.36. The zero-order valence-corrected chi connectivity index (χ0v) is 10.0. The van der Waals surface area contributed by atoms with Gasteiger partial charge in [0, 0.05) is 12.7 Å². The first kappa shape index (κ1) is 12.3. The number of rotatable bonds is 4. The van der Waals surface area contributed by atoms with E-state index < -0.39 is 10.0 Å². The number of aliphatic hydroxyl groups is 1. The summed E-state index contributed by atoms with van der Waals surface area (Å²) in [6, 6.07) is 2.86. The lowest BCUT2D eigenvalue weighted by Crippen LogP contribution is -2.38. The van der Waals surface area contributed by atoms with Gasteiger partial charge in [-0.15, -0.1) is 0 Å². The Morgan fingerprint density at radius 3 is 2.71 bits per heavy atom. The molecular formula is C10H15N3O3S. The Kier molecular flexibility index (Phi) is 3.32. The molecule has 4 N–H and O–H groups in total. The number of aromatic nitrogens is 1. The number of aliphatic hydroxyl groups excluding tert-OH is 1. The number of sulfonamides is 1. The van der Waals surface area contributed by atoms with Crippen molar-refractivity contribution in [1.29, 1.82) is 0 Å². The molecule has 0 amide bonds. The van der Waals surface area contributed by atoms with Gasteiger partial charge in [-0.3, -0.25) is 0 Å². The summed E-state index contributed by atoms with van der Waals surface area (Å²) in [6.45, 7) is 0.351. The van der Waals surface area contributed by atoms with Gasteiger partial charge in [-0.25, -0.2) is 18.1 Å². The van der Waals surface area contributed by atoms with Crippen molar-refractivity contribution < 1.29 is 13.5 Å². The molecule has 0 saturated heterocycles. The molecule has 1 aromatic heterocycles. The molecule has 6 nitrogen and oxygen atoms in total. The number of nitrogen functional groups attached to an aromatic ring is 1. The van der Waals surface area contributed by atoms with Gasteiger partial charge in [0.05, 0.1) is 6.10 Å². The summed E-state index contributed by atoms with van der Waals surface area (Å²) in [6.07, 6.45) is 2.26. The molecule has 7 heteroatoms. The third kappa shape index (κ3) is 2.93. The minimum atomic E-state index is -3.52. The van der Waals surface area contributed by atoms with Crippen molar-refractivity contribution in [2.45, 2.75) is 23.8 Å². The highest BCUT2D eigenvalue weighted by molar-refractivity contribution is 7.89. The van der Waals surface area contributed by atoms with E-state index in [1.807, 2.05) is 0 Å². The van der Waals surface area contributed by atoms with Crippen LogP contribution >= 0.6 is 0 Å². The molecular weight excluding hydrogens is 242 g/mol. The van der Waals surface area contributed by atoms with Gasteiger partial charge in [0.2, 0.25) is 10.0 Å². The van der Waals surface area contributed by atoms with E-state index in [4.69, 9.17) is 10.8 Å². The Balaban J connectivity index is 1.96. The van der Waals surface area contributed by atoms with Crippen molar-refractivity contribution in [2.75, 3.05) is 12.3 Å². The van der Waals surface area contributed by atoms with Crippen LogP contribution in [0.4, 0.5) is 5.82 Å². The van der Waals surface area contributed by atoms with E-state index in [9.17, 15) is 8.42 Å². The Labute approximate surface area is 99.9 Å². The van der Waals surface area contributed by atoms with Crippen molar-refractivity contribution in [2.24, 2.45) is 5.92 Å². The second-order valence-corrected chi connectivity index (χ2v) is 6.03. The molecule has 0 radical (unpaired) electrons. The molecule has 0 unspecified atom stereocenters. The van der Waals surface area contributed by atoms with Gasteiger partial charge in [0.25, 0.3) is 0 Å². The normalized spacial score (nSPS) is 24.3. The maximum absolute atomic E-state index is 11.8. The summed E-state index contributed by atoms with van der Waals surface area (Å²) < 4.78 is 26.1. The van der Waals surface area contributed by atoms with Crippen LogP contribution < -0.4 is 10.5 Å². The summed E-state index contributed by atoms with van der Waals surface area (Å²) in [4.78, 5) is 3.84. The van der Waals surface area contributed by atoms with Crippen LogP contribution in [0.3, 0.4) is 0 Å². The van der Waals surface area contributed by atoms with E-state index in [0.29, 0.717) is 19.4 Å². The molecule has 0 bridgehead atoms. The molecule has 1 saturated carbocycles. The number of nitrogens with zero attached hydrogens (tertiary/aromatic N) is 1. The van der Waals surface area contributed by atoms with Crippen LogP contribution in [0.2, 0.25) is 0 Å². The quantitative estimate of drug-likeness (QED) is 0.687. The Bertz CT molecular complexity index is 480. The van der Waals surface area contributed by atoms with Gasteiger partial charge in [0.15, 0.2) is 0 Å². The highest BCUT2D eigenvalue weighted by Crippen LogP contribution is 2.26. The Morgan fingerprint density at radius 2 is 2.18 bits per heavy atom. The van der Waals surface area contributed by atoms with Crippen molar-refractivity contribution in [3.05, 3.63) is 18.3 Å². The van der Waals surface area contributed by atoms with Gasteiger partial charge in [-0.2, -0.15) is 0 Å². The number of hydrogen-bond donors (Lipinski definition) is 3. The molecule has 1 aliphatic carbocycles. The fourth-order valence-corrected chi connectivity index (χ4v) is 2.79. The molecule has 0 spiro atoms. The number of nitrogens with one attached hydrogen (secondary N) is 1. The molecule has 0 aromatic carbocycles. The lowest BCUT2D eigenvalue weighted by atomic mass is 9.83. The van der Waals surface area contributed by atoms with Crippen molar-refractivity contribution in [1.82, 2.24) is 9.71 Å². The number of nitrogens with two attached hydrogens (primary N) is 1. The van der Waals surface area contributed by atoms with Gasteiger partial charge in [-0.1, -0.05) is 0 Å². The monoisotopic (exact) mass is 257 g/mol. The average Bonchev–Trinajstić information content (AvgIpc) is 2.23. The number of pyridine rings is 1. The van der Waals surface area contributed by atoms with E-state index in [0.717, 1.165) is 0 Å². The highest BCUT2D eigenvalue weighted by atomic mass is 32.2. The molecule has 0 atom stereocenters. The smallest absolute Gasteiger partial charge is 0.242 e. The number of hydrogen-bond acceptors (Lipinski definition) is 5. The third-order valence-electron chi connectivity index (χ3n) is 2.84. The van der Waals surface area contributed by atoms with Gasteiger partial charge in [-0.05, 0) is 30.9 Å². The summed E-state index contributed by atoms with van der Waals surface area (Å²) in [5.41, 5.74) is 5.38. The van der Waals surface area contributed by atoms with Crippen molar-refractivity contribution in [3.63, 3.8) is 0 Å². The minimum absolute atomic E-state index is 0.103. The predicted octanol–water partition coefficient (Wildman–Crippen LogP) is -0.287. The maximum atomic E-state index is 11.8. The summed E-state index contributed by atoms with van der Waals surface area (Å²) in [5, 5.41) is 9.09. The third-order valence-corrected chi connectivity index (χ3v) is 4.25. The fraction of sp³-hybridized carbons (Fsp3) is 0.500. The topological polar surface area (TPSA) is 105 Å². The van der Waals surface area contributed by atoms with E-state index in [1.165, 1.54) is 18.3 Å². The molecule has 0 aliphatic heterocycles. The van der Waals surface area contributed by atoms with Crippen LogP contribution in [-0.4, -0.2) is 31.2 Å². The Hall–Kier alpha value is -1.18. The lowest BCUT2D eigenvalue weighted by Gasteiger charge is -2.31. The zero-order chi connectivity index (χ0) is 12.5. The average molecular weight is 257 g/mol. The largest absolute Gasteiger partial charge is 0.393 e. The summed E-state index contributed by atoms with van der Waals surface area (Å²) in [7, 11) is -3.52. The van der Waals surface area contributed by atoms with Gasteiger partial charge < -0.3 is 10.8 Å². The maximum Gasteiger partial charge on any atom is 0.242 e. The molecule has 17 heavy (non-hydrogen) atoms. The summed E-state index contributed by atoms with van der Waals surface area (Å²) in [5.74, 6) is 0.507. The van der Waals surface area contributed by atoms with Crippen LogP contribution in [0, 0.1) is 5.92 Å². The highest BCUT2D eigenvalue weighted by Gasteiger charge is 2.28. The SMILES string of the molecule is Nc1ccc(S(=O)(=O)NCC2CC(O)C2)cn1. The van der Waals surface area contributed by atoms with Crippen molar-refractivity contribution in [3.8, 4) is 0 Å². The minimum Gasteiger partial charge on any atom is -0.393 e. The van der Waals surface area contributed by atoms with Crippen LogP contribution in [0.15, 0.2) is 23.2 Å². The summed E-state index contributed by atoms with van der Waals surface area (Å²) >= 11 is 0. The van der Waals surface area contributed by atoms with Crippen LogP contribution in [0.5, 0.6) is 0 Å². The zero-order valence-electron chi connectivity index (χ0n) is 9.20. The van der Waals surface area contributed by atoms with Crippen molar-refractivity contribution >= 4 is 15.8 Å². The van der Waals surface area contributed by atoms with E-state index in [-0.39, 0.29) is 22.7 Å². The number of anilines is 1. The fourth-order valence-electron chi connectivity index (χ4n) is 1.73. The first-order chi connectivity index (χ1) is 7.97.